The standard InChI is InChI=1S/C12H17N3O4.C3H6/c16-10(14-18)6-2-1-3-7-11(17)15-19-12-8-4-5-9-13-12;1-3-2/h4-5,8-9,18H,1-3,6-7H2,(H,14,16)(H,15,17);3H,1H2,2H3. The predicted octanol–water partition coefficient (Wildman–Crippen LogP) is 2.14. The van der Waals surface area contributed by atoms with Crippen LogP contribution >= 0.6 is 0 Å². The van der Waals surface area contributed by atoms with Crippen LogP contribution in [0.5, 0.6) is 5.88 Å². The number of hydroxylamine groups is 2. The van der Waals surface area contributed by atoms with Gasteiger partial charge in [-0.2, -0.15) is 5.48 Å². The fourth-order valence-electron chi connectivity index (χ4n) is 1.37. The SMILES string of the molecule is C=CC.O=C(CCCCCC(=O)NOc1ccccn1)NO. The number of unbranched alkanes of at least 4 members (excludes halogenated alkanes) is 2. The van der Waals surface area contributed by atoms with Crippen LogP contribution in [0.3, 0.4) is 0 Å². The Morgan fingerprint density at radius 1 is 1.27 bits per heavy atom. The van der Waals surface area contributed by atoms with Crippen molar-refractivity contribution in [1.29, 1.82) is 0 Å². The van der Waals surface area contributed by atoms with Gasteiger partial charge in [0.1, 0.15) is 0 Å². The molecule has 1 heterocycles. The van der Waals surface area contributed by atoms with Crippen molar-refractivity contribution in [3.8, 4) is 5.88 Å². The molecule has 7 nitrogen and oxygen atoms in total. The van der Waals surface area contributed by atoms with Gasteiger partial charge in [0.05, 0.1) is 0 Å². The molecule has 0 aliphatic rings. The normalized spacial score (nSPS) is 9.00. The number of nitrogens with one attached hydrogen (secondary N) is 2. The van der Waals surface area contributed by atoms with Gasteiger partial charge in [0, 0.05) is 25.1 Å². The number of allylic oxidation sites excluding steroid dienone is 1. The van der Waals surface area contributed by atoms with Crippen molar-refractivity contribution in [3.63, 3.8) is 0 Å². The third-order valence-electron chi connectivity index (χ3n) is 2.34. The van der Waals surface area contributed by atoms with E-state index in [0.29, 0.717) is 25.1 Å². The first-order chi connectivity index (χ1) is 10.6. The van der Waals surface area contributed by atoms with Gasteiger partial charge in [-0.05, 0) is 25.8 Å². The molecule has 0 saturated carbocycles. The highest BCUT2D eigenvalue weighted by Crippen LogP contribution is 2.04. The Morgan fingerprint density at radius 2 is 1.91 bits per heavy atom. The Bertz CT molecular complexity index is 438. The maximum Gasteiger partial charge on any atom is 0.252 e. The summed E-state index contributed by atoms with van der Waals surface area (Å²) in [6, 6.07) is 5.13. The van der Waals surface area contributed by atoms with Crippen molar-refractivity contribution in [2.75, 3.05) is 0 Å². The van der Waals surface area contributed by atoms with Crippen molar-refractivity contribution < 1.29 is 19.6 Å². The minimum atomic E-state index is -0.414. The maximum atomic E-state index is 11.4. The molecule has 0 aromatic carbocycles. The summed E-state index contributed by atoms with van der Waals surface area (Å²) >= 11 is 0. The van der Waals surface area contributed by atoms with Crippen molar-refractivity contribution in [2.45, 2.75) is 39.0 Å². The molecule has 0 aliphatic carbocycles. The summed E-state index contributed by atoms with van der Waals surface area (Å²) in [6.45, 7) is 5.25. The van der Waals surface area contributed by atoms with Crippen molar-refractivity contribution in [3.05, 3.63) is 37.1 Å². The van der Waals surface area contributed by atoms with Crippen LogP contribution in [0.2, 0.25) is 0 Å². The van der Waals surface area contributed by atoms with Crippen LogP contribution in [0.1, 0.15) is 39.0 Å². The number of carbonyl (C=O) groups excluding carboxylic acids is 2. The van der Waals surface area contributed by atoms with Crippen LogP contribution < -0.4 is 15.8 Å². The van der Waals surface area contributed by atoms with E-state index in [0.717, 1.165) is 6.42 Å². The first-order valence-corrected chi connectivity index (χ1v) is 7.00. The number of carbonyl (C=O) groups is 2. The van der Waals surface area contributed by atoms with E-state index in [1.807, 2.05) is 6.92 Å². The second-order valence-corrected chi connectivity index (χ2v) is 4.30. The quantitative estimate of drug-likeness (QED) is 0.296. The molecule has 0 bridgehead atoms. The third-order valence-corrected chi connectivity index (χ3v) is 2.34. The molecule has 1 aromatic heterocycles. The summed E-state index contributed by atoms with van der Waals surface area (Å²) in [4.78, 5) is 30.9. The molecular weight excluding hydrogens is 286 g/mol. The summed E-state index contributed by atoms with van der Waals surface area (Å²) in [6.07, 6.45) is 5.88. The van der Waals surface area contributed by atoms with E-state index in [9.17, 15) is 9.59 Å². The highest BCUT2D eigenvalue weighted by atomic mass is 16.7. The Labute approximate surface area is 130 Å². The van der Waals surface area contributed by atoms with Gasteiger partial charge < -0.3 is 4.84 Å². The summed E-state index contributed by atoms with van der Waals surface area (Å²) in [7, 11) is 0. The molecule has 1 aromatic rings. The lowest BCUT2D eigenvalue weighted by atomic mass is 10.1. The van der Waals surface area contributed by atoms with Gasteiger partial charge in [-0.3, -0.25) is 14.8 Å². The lowest BCUT2D eigenvalue weighted by molar-refractivity contribution is -0.129. The van der Waals surface area contributed by atoms with Crippen LogP contribution in [0.25, 0.3) is 0 Å². The minimum absolute atomic E-state index is 0.239. The highest BCUT2D eigenvalue weighted by Gasteiger charge is 2.03. The van der Waals surface area contributed by atoms with E-state index in [4.69, 9.17) is 10.0 Å². The highest BCUT2D eigenvalue weighted by molar-refractivity contribution is 5.75. The van der Waals surface area contributed by atoms with E-state index in [2.05, 4.69) is 17.0 Å². The molecule has 3 N–H and O–H groups in total. The number of rotatable bonds is 8. The first kappa shape index (κ1) is 19.6. The lowest BCUT2D eigenvalue weighted by Crippen LogP contribution is -2.27. The molecule has 0 atom stereocenters. The summed E-state index contributed by atoms with van der Waals surface area (Å²) in [5.41, 5.74) is 3.85. The minimum Gasteiger partial charge on any atom is -0.359 e. The average Bonchev–Trinajstić information content (AvgIpc) is 2.54. The third kappa shape index (κ3) is 11.4. The Balaban J connectivity index is 0.00000135. The summed E-state index contributed by atoms with van der Waals surface area (Å²) in [5, 5.41) is 8.27. The zero-order valence-electron chi connectivity index (χ0n) is 12.7. The second-order valence-electron chi connectivity index (χ2n) is 4.30. The molecule has 0 unspecified atom stereocenters. The monoisotopic (exact) mass is 309 g/mol. The molecule has 0 radical (unpaired) electrons. The van der Waals surface area contributed by atoms with Crippen molar-refractivity contribution >= 4 is 11.8 Å². The fraction of sp³-hybridized carbons (Fsp3) is 0.400. The number of aromatic nitrogens is 1. The number of amides is 2. The van der Waals surface area contributed by atoms with Gasteiger partial charge in [0.15, 0.2) is 0 Å². The van der Waals surface area contributed by atoms with Gasteiger partial charge in [-0.15, -0.1) is 6.58 Å². The summed E-state index contributed by atoms with van der Waals surface area (Å²) in [5.74, 6) is -0.323. The average molecular weight is 309 g/mol. The molecule has 0 aliphatic heterocycles. The molecule has 122 valence electrons. The molecular formula is C15H23N3O4. The topological polar surface area (TPSA) is 101 Å². The lowest BCUT2D eigenvalue weighted by Gasteiger charge is -2.05. The van der Waals surface area contributed by atoms with Gasteiger partial charge >= 0.3 is 0 Å². The molecule has 1 rings (SSSR count). The van der Waals surface area contributed by atoms with Crippen LogP contribution in [0.4, 0.5) is 0 Å². The number of hydrogen-bond donors (Lipinski definition) is 3. The predicted molar refractivity (Wildman–Crippen MR) is 81.9 cm³/mol. The van der Waals surface area contributed by atoms with Crippen LogP contribution in [-0.4, -0.2) is 22.0 Å². The number of hydrogen-bond acceptors (Lipinski definition) is 5. The summed E-state index contributed by atoms with van der Waals surface area (Å²) < 4.78 is 0. The van der Waals surface area contributed by atoms with Gasteiger partial charge in [0.25, 0.3) is 5.91 Å². The second kappa shape index (κ2) is 13.6. The van der Waals surface area contributed by atoms with E-state index in [1.54, 1.807) is 36.0 Å². The fourth-order valence-corrected chi connectivity index (χ4v) is 1.37. The van der Waals surface area contributed by atoms with Gasteiger partial charge in [-0.25, -0.2) is 10.5 Å². The van der Waals surface area contributed by atoms with Gasteiger partial charge in [-0.1, -0.05) is 18.6 Å². The molecule has 22 heavy (non-hydrogen) atoms. The smallest absolute Gasteiger partial charge is 0.252 e. The molecule has 7 heteroatoms. The van der Waals surface area contributed by atoms with E-state index < -0.39 is 5.91 Å². The van der Waals surface area contributed by atoms with Gasteiger partial charge in [0.2, 0.25) is 11.8 Å². The molecule has 2 amide bonds. The van der Waals surface area contributed by atoms with Crippen LogP contribution in [0.15, 0.2) is 37.1 Å². The van der Waals surface area contributed by atoms with E-state index in [1.165, 1.54) is 0 Å². The van der Waals surface area contributed by atoms with Crippen molar-refractivity contribution in [2.24, 2.45) is 0 Å². The maximum absolute atomic E-state index is 11.4. The Morgan fingerprint density at radius 3 is 2.45 bits per heavy atom. The van der Waals surface area contributed by atoms with E-state index in [-0.39, 0.29) is 12.3 Å². The van der Waals surface area contributed by atoms with Crippen molar-refractivity contribution in [1.82, 2.24) is 15.9 Å². The Kier molecular flexibility index (Phi) is 12.1. The molecule has 0 saturated heterocycles. The number of pyridine rings is 1. The first-order valence-electron chi connectivity index (χ1n) is 7.00. The zero-order valence-corrected chi connectivity index (χ0v) is 12.7. The molecule has 0 fully saturated rings. The number of nitrogens with zero attached hydrogens (tertiary/aromatic N) is 1. The molecule has 0 spiro atoms. The Hall–Kier alpha value is -2.41. The zero-order chi connectivity index (χ0) is 16.6. The largest absolute Gasteiger partial charge is 0.359 e. The van der Waals surface area contributed by atoms with Crippen LogP contribution in [-0.2, 0) is 9.59 Å². The van der Waals surface area contributed by atoms with E-state index >= 15 is 0 Å². The van der Waals surface area contributed by atoms with Crippen LogP contribution in [0, 0.1) is 0 Å².